The summed E-state index contributed by atoms with van der Waals surface area (Å²) >= 11 is 3.27. The fraction of sp³-hybridized carbons (Fsp3) is 0.0833. The SMILES string of the molecule is Cc1ccc(NC(=O)c2ccc(Br)cn2)cn1. The normalized spacial score (nSPS) is 10.0. The van der Waals surface area contributed by atoms with Crippen LogP contribution in [0.25, 0.3) is 0 Å². The smallest absolute Gasteiger partial charge is 0.274 e. The van der Waals surface area contributed by atoms with Crippen molar-refractivity contribution in [1.29, 1.82) is 0 Å². The van der Waals surface area contributed by atoms with Crippen molar-refractivity contribution in [2.45, 2.75) is 6.92 Å². The van der Waals surface area contributed by atoms with Gasteiger partial charge in [-0.1, -0.05) is 0 Å². The Kier molecular flexibility index (Phi) is 3.49. The Morgan fingerprint density at radius 1 is 1.18 bits per heavy atom. The van der Waals surface area contributed by atoms with Crippen LogP contribution in [0.15, 0.2) is 41.1 Å². The molecule has 0 radical (unpaired) electrons. The molecule has 0 unspecified atom stereocenters. The van der Waals surface area contributed by atoms with Crippen LogP contribution >= 0.6 is 15.9 Å². The summed E-state index contributed by atoms with van der Waals surface area (Å²) in [6, 6.07) is 7.07. The largest absolute Gasteiger partial charge is 0.319 e. The molecule has 0 saturated carbocycles. The van der Waals surface area contributed by atoms with Crippen LogP contribution in [-0.4, -0.2) is 15.9 Å². The zero-order valence-electron chi connectivity index (χ0n) is 9.14. The fourth-order valence-electron chi connectivity index (χ4n) is 1.25. The van der Waals surface area contributed by atoms with E-state index in [4.69, 9.17) is 0 Å². The van der Waals surface area contributed by atoms with E-state index < -0.39 is 0 Å². The number of carbonyl (C=O) groups excluding carboxylic acids is 1. The zero-order valence-corrected chi connectivity index (χ0v) is 10.7. The summed E-state index contributed by atoms with van der Waals surface area (Å²) in [4.78, 5) is 19.9. The first kappa shape index (κ1) is 11.7. The molecule has 0 aliphatic rings. The number of rotatable bonds is 2. The lowest BCUT2D eigenvalue weighted by Crippen LogP contribution is -2.13. The van der Waals surface area contributed by atoms with Gasteiger partial charge in [0.05, 0.1) is 11.9 Å². The Bertz CT molecular complexity index is 522. The first-order chi connectivity index (χ1) is 8.15. The van der Waals surface area contributed by atoms with Crippen LogP contribution in [0, 0.1) is 6.92 Å². The van der Waals surface area contributed by atoms with Crippen LogP contribution in [-0.2, 0) is 0 Å². The topological polar surface area (TPSA) is 54.9 Å². The second-order valence-corrected chi connectivity index (χ2v) is 4.42. The van der Waals surface area contributed by atoms with E-state index in [1.54, 1.807) is 30.6 Å². The van der Waals surface area contributed by atoms with Crippen molar-refractivity contribution in [2.24, 2.45) is 0 Å². The van der Waals surface area contributed by atoms with Crippen molar-refractivity contribution in [1.82, 2.24) is 9.97 Å². The average Bonchev–Trinajstić information content (AvgIpc) is 2.33. The van der Waals surface area contributed by atoms with Crippen molar-refractivity contribution < 1.29 is 4.79 Å². The molecule has 2 aromatic heterocycles. The lowest BCUT2D eigenvalue weighted by atomic mass is 10.3. The Hall–Kier alpha value is -1.75. The van der Waals surface area contributed by atoms with Crippen LogP contribution in [0.4, 0.5) is 5.69 Å². The number of pyridine rings is 2. The highest BCUT2D eigenvalue weighted by molar-refractivity contribution is 9.10. The minimum atomic E-state index is -0.247. The second-order valence-electron chi connectivity index (χ2n) is 3.50. The summed E-state index contributed by atoms with van der Waals surface area (Å²) in [7, 11) is 0. The van der Waals surface area contributed by atoms with Gasteiger partial charge in [0, 0.05) is 16.4 Å². The first-order valence-electron chi connectivity index (χ1n) is 5.01. The Morgan fingerprint density at radius 3 is 2.59 bits per heavy atom. The number of aromatic nitrogens is 2. The lowest BCUT2D eigenvalue weighted by Gasteiger charge is -2.04. The highest BCUT2D eigenvalue weighted by atomic mass is 79.9. The van der Waals surface area contributed by atoms with Crippen LogP contribution in [0.5, 0.6) is 0 Å². The number of hydrogen-bond donors (Lipinski definition) is 1. The Morgan fingerprint density at radius 2 is 2.00 bits per heavy atom. The number of nitrogens with zero attached hydrogens (tertiary/aromatic N) is 2. The monoisotopic (exact) mass is 291 g/mol. The van der Waals surface area contributed by atoms with E-state index in [1.807, 2.05) is 13.0 Å². The molecule has 1 amide bonds. The van der Waals surface area contributed by atoms with Crippen LogP contribution in [0.2, 0.25) is 0 Å². The third-order valence-corrected chi connectivity index (χ3v) is 2.60. The number of nitrogens with one attached hydrogen (secondary N) is 1. The molecular weight excluding hydrogens is 282 g/mol. The van der Waals surface area contributed by atoms with Gasteiger partial charge in [0.25, 0.3) is 5.91 Å². The molecule has 5 heteroatoms. The standard InChI is InChI=1S/C12H10BrN3O/c1-8-2-4-10(7-14-8)16-12(17)11-5-3-9(13)6-15-11/h2-7H,1H3,(H,16,17). The van der Waals surface area contributed by atoms with Gasteiger partial charge >= 0.3 is 0 Å². The number of carbonyl (C=O) groups is 1. The summed E-state index contributed by atoms with van der Waals surface area (Å²) in [5.74, 6) is -0.247. The molecule has 0 fully saturated rings. The molecule has 2 aromatic rings. The van der Waals surface area contributed by atoms with Crippen molar-refractivity contribution >= 4 is 27.5 Å². The minimum Gasteiger partial charge on any atom is -0.319 e. The van der Waals surface area contributed by atoms with Crippen molar-refractivity contribution in [3.05, 3.63) is 52.5 Å². The maximum absolute atomic E-state index is 11.8. The molecule has 0 bridgehead atoms. The molecule has 86 valence electrons. The van der Waals surface area contributed by atoms with E-state index in [9.17, 15) is 4.79 Å². The van der Waals surface area contributed by atoms with Crippen LogP contribution in [0.1, 0.15) is 16.2 Å². The van der Waals surface area contributed by atoms with Gasteiger partial charge in [-0.25, -0.2) is 4.98 Å². The van der Waals surface area contributed by atoms with Crippen molar-refractivity contribution in [3.8, 4) is 0 Å². The molecule has 0 aliphatic carbocycles. The summed E-state index contributed by atoms with van der Waals surface area (Å²) < 4.78 is 0.839. The van der Waals surface area contributed by atoms with E-state index >= 15 is 0 Å². The number of amides is 1. The molecule has 17 heavy (non-hydrogen) atoms. The van der Waals surface area contributed by atoms with Gasteiger partial charge in [-0.3, -0.25) is 9.78 Å². The molecule has 4 nitrogen and oxygen atoms in total. The second kappa shape index (κ2) is 5.05. The van der Waals surface area contributed by atoms with Crippen molar-refractivity contribution in [2.75, 3.05) is 5.32 Å². The van der Waals surface area contributed by atoms with E-state index in [2.05, 4.69) is 31.2 Å². The van der Waals surface area contributed by atoms with Crippen LogP contribution < -0.4 is 5.32 Å². The van der Waals surface area contributed by atoms with Crippen LogP contribution in [0.3, 0.4) is 0 Å². The number of aryl methyl sites for hydroxylation is 1. The number of hydrogen-bond acceptors (Lipinski definition) is 3. The Labute approximate surface area is 107 Å². The quantitative estimate of drug-likeness (QED) is 0.926. The summed E-state index contributed by atoms with van der Waals surface area (Å²) in [6.07, 6.45) is 3.20. The molecule has 0 spiro atoms. The summed E-state index contributed by atoms with van der Waals surface area (Å²) in [5, 5.41) is 2.73. The van der Waals surface area contributed by atoms with E-state index in [0.717, 1.165) is 10.2 Å². The highest BCUT2D eigenvalue weighted by Crippen LogP contribution is 2.10. The third kappa shape index (κ3) is 3.10. The summed E-state index contributed by atoms with van der Waals surface area (Å²) in [6.45, 7) is 1.89. The van der Waals surface area contributed by atoms with Gasteiger partial charge in [-0.2, -0.15) is 0 Å². The van der Waals surface area contributed by atoms with Gasteiger partial charge in [0.1, 0.15) is 5.69 Å². The molecule has 2 rings (SSSR count). The maximum Gasteiger partial charge on any atom is 0.274 e. The van der Waals surface area contributed by atoms with E-state index in [-0.39, 0.29) is 5.91 Å². The minimum absolute atomic E-state index is 0.247. The predicted octanol–water partition coefficient (Wildman–Crippen LogP) is 2.80. The first-order valence-corrected chi connectivity index (χ1v) is 5.80. The fourth-order valence-corrected chi connectivity index (χ4v) is 1.48. The average molecular weight is 292 g/mol. The molecule has 0 aliphatic heterocycles. The molecule has 0 saturated heterocycles. The summed E-state index contributed by atoms with van der Waals surface area (Å²) in [5.41, 5.74) is 1.93. The maximum atomic E-state index is 11.8. The molecule has 2 heterocycles. The Balaban J connectivity index is 2.11. The lowest BCUT2D eigenvalue weighted by molar-refractivity contribution is 0.102. The van der Waals surface area contributed by atoms with Gasteiger partial charge in [-0.05, 0) is 47.1 Å². The van der Waals surface area contributed by atoms with Gasteiger partial charge in [-0.15, -0.1) is 0 Å². The van der Waals surface area contributed by atoms with Gasteiger partial charge < -0.3 is 5.32 Å². The number of anilines is 1. The highest BCUT2D eigenvalue weighted by Gasteiger charge is 2.07. The number of halogens is 1. The zero-order chi connectivity index (χ0) is 12.3. The molecule has 0 aromatic carbocycles. The van der Waals surface area contributed by atoms with Crippen molar-refractivity contribution in [3.63, 3.8) is 0 Å². The molecule has 1 N–H and O–H groups in total. The molecule has 0 atom stereocenters. The predicted molar refractivity (Wildman–Crippen MR) is 68.9 cm³/mol. The van der Waals surface area contributed by atoms with Gasteiger partial charge in [0.15, 0.2) is 0 Å². The van der Waals surface area contributed by atoms with E-state index in [1.165, 1.54) is 0 Å². The molecular formula is C12H10BrN3O. The van der Waals surface area contributed by atoms with Gasteiger partial charge in [0.2, 0.25) is 0 Å². The van der Waals surface area contributed by atoms with E-state index in [0.29, 0.717) is 11.4 Å². The third-order valence-electron chi connectivity index (χ3n) is 2.13.